The van der Waals surface area contributed by atoms with Gasteiger partial charge in [-0.3, -0.25) is 0 Å². The average Bonchev–Trinajstić information content (AvgIpc) is 3.56. The third-order valence-corrected chi connectivity index (χ3v) is 7.26. The zero-order valence-electron chi connectivity index (χ0n) is 17.7. The molecular weight excluding hydrogens is 396 g/mol. The Balaban J connectivity index is 1.26. The average molecular weight is 425 g/mol. The van der Waals surface area contributed by atoms with Crippen molar-refractivity contribution in [3.63, 3.8) is 0 Å². The fraction of sp³-hybridized carbons (Fsp3) is 0.241. The van der Waals surface area contributed by atoms with Gasteiger partial charge in [-0.2, -0.15) is 0 Å². The van der Waals surface area contributed by atoms with E-state index in [1.807, 2.05) is 6.07 Å². The largest absolute Gasteiger partial charge is 0.388 e. The van der Waals surface area contributed by atoms with Crippen LogP contribution in [0.4, 0.5) is 0 Å². The van der Waals surface area contributed by atoms with E-state index in [4.69, 9.17) is 0 Å². The Bertz CT molecular complexity index is 1110. The third kappa shape index (κ3) is 4.81. The summed E-state index contributed by atoms with van der Waals surface area (Å²) >= 11 is 1.71. The molecule has 4 aromatic rings. The monoisotopic (exact) mass is 424 g/mol. The molecule has 5 rings (SSSR count). The standard InChI is InChI=1S/C29H28OS/c30-28(8-4-7-21-5-2-1-3-6-21)27-19-20-31-29(27)26-17-15-25(16-18-26)24-13-11-23(12-14-24)22-9-10-22/h1-3,5-6,11-20,22,28,30H,4,7-10H2. The minimum absolute atomic E-state index is 0.417. The maximum absolute atomic E-state index is 10.8. The molecule has 1 unspecified atom stereocenters. The zero-order valence-corrected chi connectivity index (χ0v) is 18.5. The number of thiophene rings is 1. The van der Waals surface area contributed by atoms with Crippen LogP contribution >= 0.6 is 11.3 Å². The van der Waals surface area contributed by atoms with E-state index in [0.29, 0.717) is 0 Å². The van der Waals surface area contributed by atoms with E-state index in [2.05, 4.69) is 84.2 Å². The predicted octanol–water partition coefficient (Wildman–Crippen LogP) is 8.02. The van der Waals surface area contributed by atoms with E-state index in [0.717, 1.165) is 30.7 Å². The molecule has 1 aliphatic carbocycles. The Morgan fingerprint density at radius 1 is 0.774 bits per heavy atom. The summed E-state index contributed by atoms with van der Waals surface area (Å²) < 4.78 is 0. The molecule has 0 spiro atoms. The quantitative estimate of drug-likeness (QED) is 0.304. The van der Waals surface area contributed by atoms with Crippen molar-refractivity contribution in [2.45, 2.75) is 44.1 Å². The number of aliphatic hydroxyl groups excluding tert-OH is 1. The second kappa shape index (κ2) is 9.21. The first-order valence-electron chi connectivity index (χ1n) is 11.3. The van der Waals surface area contributed by atoms with Gasteiger partial charge in [-0.05, 0) is 82.8 Å². The number of rotatable bonds is 8. The van der Waals surface area contributed by atoms with Gasteiger partial charge in [0, 0.05) is 4.88 Å². The van der Waals surface area contributed by atoms with Gasteiger partial charge in [-0.1, -0.05) is 78.9 Å². The summed E-state index contributed by atoms with van der Waals surface area (Å²) in [4.78, 5) is 1.18. The molecule has 31 heavy (non-hydrogen) atoms. The summed E-state index contributed by atoms with van der Waals surface area (Å²) in [6, 6.07) is 30.4. The first kappa shape index (κ1) is 20.2. The van der Waals surface area contributed by atoms with Crippen LogP contribution in [0.25, 0.3) is 21.6 Å². The Kier molecular flexibility index (Phi) is 6.01. The summed E-state index contributed by atoms with van der Waals surface area (Å²) in [6.07, 6.45) is 5.04. The van der Waals surface area contributed by atoms with Crippen molar-refractivity contribution in [2.24, 2.45) is 0 Å². The highest BCUT2D eigenvalue weighted by Gasteiger charge is 2.23. The van der Waals surface area contributed by atoms with Crippen LogP contribution in [0.15, 0.2) is 90.3 Å². The highest BCUT2D eigenvalue weighted by Crippen LogP contribution is 2.41. The van der Waals surface area contributed by atoms with Gasteiger partial charge in [0.15, 0.2) is 0 Å². The lowest BCUT2D eigenvalue weighted by Crippen LogP contribution is -1.98. The normalized spacial score (nSPS) is 14.5. The highest BCUT2D eigenvalue weighted by atomic mass is 32.1. The molecule has 3 aromatic carbocycles. The minimum atomic E-state index is -0.417. The first-order valence-corrected chi connectivity index (χ1v) is 12.2. The van der Waals surface area contributed by atoms with Gasteiger partial charge in [0.25, 0.3) is 0 Å². The van der Waals surface area contributed by atoms with Crippen molar-refractivity contribution in [1.29, 1.82) is 0 Å². The van der Waals surface area contributed by atoms with Crippen molar-refractivity contribution < 1.29 is 5.11 Å². The van der Waals surface area contributed by atoms with Crippen molar-refractivity contribution >= 4 is 11.3 Å². The van der Waals surface area contributed by atoms with Crippen LogP contribution < -0.4 is 0 Å². The predicted molar refractivity (Wildman–Crippen MR) is 132 cm³/mol. The number of hydrogen-bond donors (Lipinski definition) is 1. The lowest BCUT2D eigenvalue weighted by molar-refractivity contribution is 0.165. The summed E-state index contributed by atoms with van der Waals surface area (Å²) in [5.41, 5.74) is 7.56. The minimum Gasteiger partial charge on any atom is -0.388 e. The van der Waals surface area contributed by atoms with Crippen LogP contribution in [-0.4, -0.2) is 5.11 Å². The van der Waals surface area contributed by atoms with E-state index in [-0.39, 0.29) is 0 Å². The molecule has 2 heteroatoms. The lowest BCUT2D eigenvalue weighted by Gasteiger charge is -2.13. The van der Waals surface area contributed by atoms with E-state index >= 15 is 0 Å². The highest BCUT2D eigenvalue weighted by molar-refractivity contribution is 7.13. The molecule has 0 saturated heterocycles. The molecule has 0 bridgehead atoms. The summed E-state index contributed by atoms with van der Waals surface area (Å²) in [5, 5.41) is 12.9. The Morgan fingerprint density at radius 3 is 2.10 bits per heavy atom. The van der Waals surface area contributed by atoms with Crippen LogP contribution in [0, 0.1) is 0 Å². The summed E-state index contributed by atoms with van der Waals surface area (Å²) in [6.45, 7) is 0. The molecule has 0 aliphatic heterocycles. The smallest absolute Gasteiger partial charge is 0.0804 e. The van der Waals surface area contributed by atoms with Crippen LogP contribution in [0.1, 0.15) is 54.4 Å². The van der Waals surface area contributed by atoms with Crippen LogP contribution in [-0.2, 0) is 6.42 Å². The number of benzene rings is 3. The number of aryl methyl sites for hydroxylation is 1. The van der Waals surface area contributed by atoms with E-state index in [9.17, 15) is 5.11 Å². The fourth-order valence-corrected chi connectivity index (χ4v) is 5.26. The van der Waals surface area contributed by atoms with Gasteiger partial charge < -0.3 is 5.11 Å². The van der Waals surface area contributed by atoms with Crippen LogP contribution in [0.2, 0.25) is 0 Å². The molecular formula is C29H28OS. The SMILES string of the molecule is OC(CCCc1ccccc1)c1ccsc1-c1ccc(-c2ccc(C3CC3)cc2)cc1. The first-order chi connectivity index (χ1) is 15.3. The molecule has 0 amide bonds. The number of aliphatic hydroxyl groups is 1. The van der Waals surface area contributed by atoms with Crippen molar-refractivity contribution in [3.8, 4) is 21.6 Å². The van der Waals surface area contributed by atoms with E-state index in [1.165, 1.54) is 45.5 Å². The van der Waals surface area contributed by atoms with Gasteiger partial charge in [0.05, 0.1) is 6.10 Å². The van der Waals surface area contributed by atoms with Gasteiger partial charge in [0.2, 0.25) is 0 Å². The molecule has 1 aromatic heterocycles. The third-order valence-electron chi connectivity index (χ3n) is 6.28. The second-order valence-electron chi connectivity index (χ2n) is 8.57. The number of hydrogen-bond acceptors (Lipinski definition) is 2. The molecule has 0 radical (unpaired) electrons. The van der Waals surface area contributed by atoms with Gasteiger partial charge >= 0.3 is 0 Å². The summed E-state index contributed by atoms with van der Waals surface area (Å²) in [7, 11) is 0. The molecule has 1 aliphatic rings. The fourth-order valence-electron chi connectivity index (χ4n) is 4.29. The van der Waals surface area contributed by atoms with E-state index < -0.39 is 6.10 Å². The summed E-state index contributed by atoms with van der Waals surface area (Å²) in [5.74, 6) is 0.799. The Labute approximate surface area is 189 Å². The van der Waals surface area contributed by atoms with Crippen molar-refractivity contribution in [1.82, 2.24) is 0 Å². The Morgan fingerprint density at radius 2 is 1.42 bits per heavy atom. The zero-order chi connectivity index (χ0) is 21.0. The molecule has 1 fully saturated rings. The second-order valence-corrected chi connectivity index (χ2v) is 9.49. The maximum atomic E-state index is 10.8. The van der Waals surface area contributed by atoms with Crippen molar-refractivity contribution in [2.75, 3.05) is 0 Å². The van der Waals surface area contributed by atoms with Gasteiger partial charge in [-0.15, -0.1) is 11.3 Å². The topological polar surface area (TPSA) is 20.2 Å². The van der Waals surface area contributed by atoms with Gasteiger partial charge in [-0.25, -0.2) is 0 Å². The van der Waals surface area contributed by atoms with Crippen molar-refractivity contribution in [3.05, 3.63) is 107 Å². The lowest BCUT2D eigenvalue weighted by atomic mass is 9.98. The molecule has 1 N–H and O–H groups in total. The maximum Gasteiger partial charge on any atom is 0.0804 e. The molecule has 1 saturated carbocycles. The van der Waals surface area contributed by atoms with Crippen LogP contribution in [0.5, 0.6) is 0 Å². The Hall–Kier alpha value is -2.68. The molecule has 1 heterocycles. The van der Waals surface area contributed by atoms with Crippen LogP contribution in [0.3, 0.4) is 0 Å². The molecule has 1 atom stereocenters. The van der Waals surface area contributed by atoms with E-state index in [1.54, 1.807) is 11.3 Å². The molecule has 1 nitrogen and oxygen atoms in total. The molecule has 156 valence electrons. The van der Waals surface area contributed by atoms with Gasteiger partial charge in [0.1, 0.15) is 0 Å².